The molecule has 0 saturated carbocycles. The monoisotopic (exact) mass is 480 g/mol. The van der Waals surface area contributed by atoms with E-state index in [2.05, 4.69) is 34.8 Å². The number of nitrogens with two attached hydrogens (primary N) is 1. The van der Waals surface area contributed by atoms with Gasteiger partial charge in [-0.15, -0.1) is 0 Å². The van der Waals surface area contributed by atoms with Crippen LogP contribution in [0.5, 0.6) is 5.88 Å². The van der Waals surface area contributed by atoms with Crippen LogP contribution >= 0.6 is 0 Å². The van der Waals surface area contributed by atoms with Crippen LogP contribution in [0.3, 0.4) is 0 Å². The second-order valence-corrected chi connectivity index (χ2v) is 6.66. The molecule has 0 bridgehead atoms. The second kappa shape index (κ2) is 8.84. The average Bonchev–Trinajstić information content (AvgIpc) is 3.29. The molecule has 0 aliphatic rings. The average molecular weight is 480 g/mol. The number of halogens is 5. The third kappa shape index (κ3) is 4.97. The Morgan fingerprint density at radius 3 is 2.53 bits per heavy atom. The molecule has 15 heteroatoms. The molecule has 3 aromatic heterocycles. The highest BCUT2D eigenvalue weighted by atomic mass is 19.4. The van der Waals surface area contributed by atoms with Crippen molar-refractivity contribution in [2.45, 2.75) is 6.18 Å². The zero-order valence-corrected chi connectivity index (χ0v) is 17.1. The van der Waals surface area contributed by atoms with Crippen molar-refractivity contribution in [3.05, 3.63) is 48.2 Å². The van der Waals surface area contributed by atoms with Crippen molar-refractivity contribution < 1.29 is 31.2 Å². The highest BCUT2D eigenvalue weighted by Gasteiger charge is 2.28. The number of hydrogen-bond acceptors (Lipinski definition) is 10. The van der Waals surface area contributed by atoms with Gasteiger partial charge in [0.05, 0.1) is 11.3 Å². The van der Waals surface area contributed by atoms with Crippen LogP contribution in [0.15, 0.2) is 41.1 Å². The molecule has 176 valence electrons. The van der Waals surface area contributed by atoms with Crippen LogP contribution in [-0.4, -0.2) is 49.9 Å². The Balaban J connectivity index is 1.58. The molecule has 0 radical (unpaired) electrons. The van der Waals surface area contributed by atoms with Crippen molar-refractivity contribution in [2.75, 3.05) is 24.3 Å². The molecule has 10 nitrogen and oxygen atoms in total. The maximum atomic E-state index is 14.2. The van der Waals surface area contributed by atoms with Crippen LogP contribution in [0, 0.1) is 11.6 Å². The molecular formula is C19H13F5N8O2. The van der Waals surface area contributed by atoms with Crippen molar-refractivity contribution in [1.29, 1.82) is 0 Å². The molecule has 1 aromatic carbocycles. The largest absolute Gasteiger partial charge is 0.468 e. The lowest BCUT2D eigenvalue weighted by Crippen LogP contribution is -2.19. The summed E-state index contributed by atoms with van der Waals surface area (Å²) in [6.45, 7) is -1.48. The number of hydrogen-bond donors (Lipinski definition) is 1. The van der Waals surface area contributed by atoms with Gasteiger partial charge >= 0.3 is 6.18 Å². The summed E-state index contributed by atoms with van der Waals surface area (Å²) in [6.07, 6.45) is -3.32. The smallest absolute Gasteiger partial charge is 0.422 e. The molecule has 34 heavy (non-hydrogen) atoms. The Hall–Kier alpha value is -4.43. The maximum absolute atomic E-state index is 14.2. The molecule has 0 spiro atoms. The van der Waals surface area contributed by atoms with E-state index in [9.17, 15) is 22.0 Å². The molecule has 0 aliphatic heterocycles. The van der Waals surface area contributed by atoms with E-state index in [4.69, 9.17) is 10.3 Å². The van der Waals surface area contributed by atoms with Crippen LogP contribution in [0.1, 0.15) is 0 Å². The van der Waals surface area contributed by atoms with Gasteiger partial charge in [-0.25, -0.2) is 13.8 Å². The molecular weight excluding hydrogens is 467 g/mol. The fourth-order valence-electron chi connectivity index (χ4n) is 2.67. The quantitative estimate of drug-likeness (QED) is 0.409. The van der Waals surface area contributed by atoms with Crippen LogP contribution in [0.2, 0.25) is 0 Å². The molecule has 4 aromatic rings. The van der Waals surface area contributed by atoms with Crippen LogP contribution in [-0.2, 0) is 0 Å². The minimum absolute atomic E-state index is 0.0464. The molecule has 0 aliphatic carbocycles. The lowest BCUT2D eigenvalue weighted by molar-refractivity contribution is -0.154. The van der Waals surface area contributed by atoms with Gasteiger partial charge in [-0.3, -0.25) is 0 Å². The van der Waals surface area contributed by atoms with Gasteiger partial charge in [0.15, 0.2) is 18.2 Å². The van der Waals surface area contributed by atoms with E-state index < -0.39 is 24.4 Å². The minimum atomic E-state index is -4.50. The van der Waals surface area contributed by atoms with E-state index in [0.29, 0.717) is 0 Å². The van der Waals surface area contributed by atoms with E-state index in [1.165, 1.54) is 37.5 Å². The predicted molar refractivity (Wildman–Crippen MR) is 107 cm³/mol. The Bertz CT molecular complexity index is 1310. The lowest BCUT2D eigenvalue weighted by atomic mass is 10.3. The molecule has 0 saturated heterocycles. The van der Waals surface area contributed by atoms with Gasteiger partial charge < -0.3 is 19.9 Å². The van der Waals surface area contributed by atoms with Crippen LogP contribution in [0.4, 0.5) is 39.5 Å². The van der Waals surface area contributed by atoms with Crippen molar-refractivity contribution >= 4 is 17.6 Å². The first-order valence-electron chi connectivity index (χ1n) is 9.30. The topological polar surface area (TPSA) is 129 Å². The molecule has 0 unspecified atom stereocenters. The van der Waals surface area contributed by atoms with Gasteiger partial charge in [-0.05, 0) is 18.2 Å². The molecule has 2 N–H and O–H groups in total. The van der Waals surface area contributed by atoms with Crippen molar-refractivity contribution in [1.82, 2.24) is 30.1 Å². The van der Waals surface area contributed by atoms with E-state index in [1.54, 1.807) is 0 Å². The number of nitrogen functional groups attached to an aromatic ring is 1. The number of rotatable bonds is 6. The molecule has 3 heterocycles. The van der Waals surface area contributed by atoms with Crippen molar-refractivity contribution in [3.63, 3.8) is 0 Å². The first kappa shape index (κ1) is 22.8. The van der Waals surface area contributed by atoms with Crippen LogP contribution in [0.25, 0.3) is 23.1 Å². The van der Waals surface area contributed by atoms with E-state index >= 15 is 0 Å². The standard InChI is InChI=1S/C19H13F5N8O2/c1-32(11-4-2-3-10(20)13(11)21)18-29-14(28-17(25)30-18)15-27-16(34-31-15)9-5-6-12(26-7-9)33-8-19(22,23)24/h2-7H,8H2,1H3,(H2,25,28,29,30). The van der Waals surface area contributed by atoms with Crippen molar-refractivity contribution in [3.8, 4) is 29.0 Å². The summed E-state index contributed by atoms with van der Waals surface area (Å²) in [5, 5.41) is 3.75. The zero-order valence-electron chi connectivity index (χ0n) is 17.1. The van der Waals surface area contributed by atoms with Gasteiger partial charge in [0.25, 0.3) is 5.89 Å². The third-order valence-corrected chi connectivity index (χ3v) is 4.23. The van der Waals surface area contributed by atoms with Gasteiger partial charge in [-0.2, -0.15) is 33.1 Å². The first-order valence-corrected chi connectivity index (χ1v) is 9.30. The first-order chi connectivity index (χ1) is 16.1. The fourth-order valence-corrected chi connectivity index (χ4v) is 2.67. The second-order valence-electron chi connectivity index (χ2n) is 6.66. The summed E-state index contributed by atoms with van der Waals surface area (Å²) in [5.41, 5.74) is 5.86. The number of benzene rings is 1. The Morgan fingerprint density at radius 2 is 1.82 bits per heavy atom. The molecule has 4 rings (SSSR count). The van der Waals surface area contributed by atoms with Crippen molar-refractivity contribution in [2.24, 2.45) is 0 Å². The number of ether oxygens (including phenoxy) is 1. The van der Waals surface area contributed by atoms with E-state index in [-0.39, 0.29) is 46.6 Å². The molecule has 0 fully saturated rings. The lowest BCUT2D eigenvalue weighted by Gasteiger charge is -2.18. The SMILES string of the molecule is CN(c1nc(N)nc(-c2noc(-c3ccc(OCC(F)(F)F)nc3)n2)n1)c1cccc(F)c1F. The van der Waals surface area contributed by atoms with E-state index in [1.807, 2.05) is 0 Å². The number of aromatic nitrogens is 6. The summed E-state index contributed by atoms with van der Waals surface area (Å²) in [6, 6.07) is 6.16. The van der Waals surface area contributed by atoms with Gasteiger partial charge in [0.1, 0.15) is 0 Å². The molecule has 0 atom stereocenters. The Labute approximate surface area is 187 Å². The third-order valence-electron chi connectivity index (χ3n) is 4.23. The zero-order chi connectivity index (χ0) is 24.5. The van der Waals surface area contributed by atoms with Gasteiger partial charge in [-0.1, -0.05) is 11.2 Å². The summed E-state index contributed by atoms with van der Waals surface area (Å²) < 4.78 is 74.1. The summed E-state index contributed by atoms with van der Waals surface area (Å²) >= 11 is 0. The molecule has 0 amide bonds. The number of nitrogens with zero attached hydrogens (tertiary/aromatic N) is 7. The number of anilines is 3. The summed E-state index contributed by atoms with van der Waals surface area (Å²) in [5.74, 6) is -3.07. The highest BCUT2D eigenvalue weighted by molar-refractivity contribution is 5.61. The summed E-state index contributed by atoms with van der Waals surface area (Å²) in [7, 11) is 1.39. The van der Waals surface area contributed by atoms with E-state index in [0.717, 1.165) is 11.0 Å². The Morgan fingerprint density at radius 1 is 1.03 bits per heavy atom. The van der Waals surface area contributed by atoms with Gasteiger partial charge in [0, 0.05) is 19.3 Å². The summed E-state index contributed by atoms with van der Waals surface area (Å²) in [4.78, 5) is 21.0. The predicted octanol–water partition coefficient (Wildman–Crippen LogP) is 3.55. The Kier molecular flexibility index (Phi) is 5.91. The minimum Gasteiger partial charge on any atom is -0.468 e. The normalized spacial score (nSPS) is 11.5. The maximum Gasteiger partial charge on any atom is 0.422 e. The fraction of sp³-hybridized carbons (Fsp3) is 0.158. The number of pyridine rings is 1. The number of alkyl halides is 3. The highest BCUT2D eigenvalue weighted by Crippen LogP contribution is 2.27. The van der Waals surface area contributed by atoms with Gasteiger partial charge in [0.2, 0.25) is 29.4 Å². The van der Waals surface area contributed by atoms with Crippen LogP contribution < -0.4 is 15.4 Å².